The molecule has 0 aliphatic carbocycles. The molecule has 25 heavy (non-hydrogen) atoms. The first-order chi connectivity index (χ1) is 11.9. The van der Waals surface area contributed by atoms with E-state index in [9.17, 15) is 20.0 Å². The summed E-state index contributed by atoms with van der Waals surface area (Å²) in [5.74, 6) is 0.127. The van der Waals surface area contributed by atoms with Gasteiger partial charge in [-0.3, -0.25) is 19.6 Å². The van der Waals surface area contributed by atoms with Crippen molar-refractivity contribution >= 4 is 11.6 Å². The Morgan fingerprint density at radius 3 is 2.60 bits per heavy atom. The van der Waals surface area contributed by atoms with Crippen molar-refractivity contribution in [2.75, 3.05) is 6.54 Å². The summed E-state index contributed by atoms with van der Waals surface area (Å²) >= 11 is 0. The predicted molar refractivity (Wildman–Crippen MR) is 92.4 cm³/mol. The van der Waals surface area contributed by atoms with Crippen LogP contribution in [-0.2, 0) is 17.8 Å². The summed E-state index contributed by atoms with van der Waals surface area (Å²) in [7, 11) is 0. The van der Waals surface area contributed by atoms with E-state index in [2.05, 4.69) is 10.4 Å². The van der Waals surface area contributed by atoms with E-state index in [4.69, 9.17) is 0 Å². The van der Waals surface area contributed by atoms with Crippen LogP contribution >= 0.6 is 0 Å². The fraction of sp³-hybridized carbons (Fsp3) is 0.412. The molecule has 1 aromatic carbocycles. The number of carbonyl (C=O) groups is 1. The molecule has 2 N–H and O–H groups in total. The van der Waals surface area contributed by atoms with Gasteiger partial charge in [0.15, 0.2) is 0 Å². The molecular weight excluding hydrogens is 324 g/mol. The Morgan fingerprint density at radius 1 is 1.32 bits per heavy atom. The first kappa shape index (κ1) is 18.4. The summed E-state index contributed by atoms with van der Waals surface area (Å²) in [6.45, 7) is 4.08. The minimum Gasteiger partial charge on any atom is -0.508 e. The molecule has 0 saturated heterocycles. The number of amides is 1. The molecular formula is C17H22N4O4. The van der Waals surface area contributed by atoms with Crippen LogP contribution < -0.4 is 5.32 Å². The van der Waals surface area contributed by atoms with E-state index in [0.717, 1.165) is 18.4 Å². The van der Waals surface area contributed by atoms with Crippen LogP contribution in [0, 0.1) is 24.0 Å². The van der Waals surface area contributed by atoms with Gasteiger partial charge in [0.1, 0.15) is 17.1 Å². The van der Waals surface area contributed by atoms with Gasteiger partial charge in [0.05, 0.1) is 11.5 Å². The summed E-state index contributed by atoms with van der Waals surface area (Å²) < 4.78 is 1.50. The Balaban J connectivity index is 1.73. The number of aromatic nitrogens is 2. The molecule has 0 radical (unpaired) electrons. The van der Waals surface area contributed by atoms with Crippen LogP contribution in [0.2, 0.25) is 0 Å². The summed E-state index contributed by atoms with van der Waals surface area (Å²) in [5, 5.41) is 27.1. The Kier molecular flexibility index (Phi) is 6.10. The molecule has 2 aromatic rings. The maximum absolute atomic E-state index is 11.9. The molecule has 0 fully saturated rings. The third kappa shape index (κ3) is 5.03. The molecule has 0 saturated carbocycles. The van der Waals surface area contributed by atoms with Gasteiger partial charge in [-0.1, -0.05) is 12.1 Å². The van der Waals surface area contributed by atoms with Crippen molar-refractivity contribution in [3.8, 4) is 5.75 Å². The summed E-state index contributed by atoms with van der Waals surface area (Å²) in [5.41, 5.74) is 1.93. The molecule has 8 heteroatoms. The van der Waals surface area contributed by atoms with Gasteiger partial charge in [0, 0.05) is 13.0 Å². The molecule has 1 aromatic heterocycles. The number of rotatable bonds is 8. The number of phenolic OH excluding ortho intramolecular Hbond substituents is 1. The van der Waals surface area contributed by atoms with Gasteiger partial charge in [-0.15, -0.1) is 0 Å². The number of phenols is 1. The van der Waals surface area contributed by atoms with Crippen LogP contribution in [-0.4, -0.2) is 32.3 Å². The second-order valence-corrected chi connectivity index (χ2v) is 5.87. The Bertz CT molecular complexity index is 753. The van der Waals surface area contributed by atoms with Gasteiger partial charge in [-0.05, 0) is 44.4 Å². The number of carbonyl (C=O) groups excluding carboxylic acids is 1. The molecule has 8 nitrogen and oxygen atoms in total. The maximum Gasteiger partial charge on any atom is 0.312 e. The number of benzene rings is 1. The van der Waals surface area contributed by atoms with E-state index in [-0.39, 0.29) is 23.8 Å². The zero-order chi connectivity index (χ0) is 18.4. The van der Waals surface area contributed by atoms with Crippen molar-refractivity contribution in [2.45, 2.75) is 39.7 Å². The smallest absolute Gasteiger partial charge is 0.312 e. The van der Waals surface area contributed by atoms with Crippen LogP contribution in [0.15, 0.2) is 24.3 Å². The van der Waals surface area contributed by atoms with Gasteiger partial charge in [0.25, 0.3) is 0 Å². The van der Waals surface area contributed by atoms with Crippen LogP contribution in [0.25, 0.3) is 0 Å². The molecule has 0 aliphatic heterocycles. The average molecular weight is 346 g/mol. The lowest BCUT2D eigenvalue weighted by Gasteiger charge is -2.06. The standard InChI is InChI=1S/C17H22N4O4/c1-12-17(21(24)25)13(2)20(19-12)11-9-16(23)18-10-3-4-14-5-7-15(22)8-6-14/h5-8,22H,3-4,9-11H2,1-2H3,(H,18,23). The highest BCUT2D eigenvalue weighted by Crippen LogP contribution is 2.21. The van der Waals surface area contributed by atoms with Gasteiger partial charge < -0.3 is 10.4 Å². The highest BCUT2D eigenvalue weighted by Gasteiger charge is 2.21. The van der Waals surface area contributed by atoms with Crippen LogP contribution in [0.3, 0.4) is 0 Å². The van der Waals surface area contributed by atoms with E-state index >= 15 is 0 Å². The van der Waals surface area contributed by atoms with Crippen LogP contribution in [0.5, 0.6) is 5.75 Å². The number of nitrogens with zero attached hydrogens (tertiary/aromatic N) is 3. The Labute approximate surface area is 145 Å². The minimum atomic E-state index is -0.447. The molecule has 0 unspecified atom stereocenters. The number of nitrogens with one attached hydrogen (secondary N) is 1. The van der Waals surface area contributed by atoms with Gasteiger partial charge in [-0.2, -0.15) is 5.10 Å². The highest BCUT2D eigenvalue weighted by atomic mass is 16.6. The monoisotopic (exact) mass is 346 g/mol. The van der Waals surface area contributed by atoms with Crippen molar-refractivity contribution < 1.29 is 14.8 Å². The third-order valence-corrected chi connectivity index (χ3v) is 3.98. The number of hydrogen-bond acceptors (Lipinski definition) is 5. The first-order valence-electron chi connectivity index (χ1n) is 8.11. The molecule has 2 rings (SSSR count). The van der Waals surface area contributed by atoms with Gasteiger partial charge >= 0.3 is 5.69 Å². The van der Waals surface area contributed by atoms with Crippen molar-refractivity contribution in [1.82, 2.24) is 15.1 Å². The largest absolute Gasteiger partial charge is 0.508 e. The predicted octanol–water partition coefficient (Wildman–Crippen LogP) is 2.25. The molecule has 134 valence electrons. The van der Waals surface area contributed by atoms with Crippen molar-refractivity contribution in [3.05, 3.63) is 51.3 Å². The minimum absolute atomic E-state index is 0.00862. The normalized spacial score (nSPS) is 10.6. The van der Waals surface area contributed by atoms with Crippen LogP contribution in [0.1, 0.15) is 29.8 Å². The number of nitro groups is 1. The van der Waals surface area contributed by atoms with E-state index < -0.39 is 4.92 Å². The lowest BCUT2D eigenvalue weighted by atomic mass is 10.1. The fourth-order valence-corrected chi connectivity index (χ4v) is 2.65. The number of aryl methyl sites for hydroxylation is 3. The van der Waals surface area contributed by atoms with Crippen molar-refractivity contribution in [1.29, 1.82) is 0 Å². The average Bonchev–Trinajstić information content (AvgIpc) is 2.85. The fourth-order valence-electron chi connectivity index (χ4n) is 2.65. The SMILES string of the molecule is Cc1nn(CCC(=O)NCCCc2ccc(O)cc2)c(C)c1[N+](=O)[O-]. The molecule has 0 atom stereocenters. The van der Waals surface area contributed by atoms with Crippen molar-refractivity contribution in [2.24, 2.45) is 0 Å². The second kappa shape index (κ2) is 8.27. The summed E-state index contributed by atoms with van der Waals surface area (Å²) in [6, 6.07) is 6.99. The van der Waals surface area contributed by atoms with Gasteiger partial charge in [-0.25, -0.2) is 0 Å². The zero-order valence-electron chi connectivity index (χ0n) is 14.4. The highest BCUT2D eigenvalue weighted by molar-refractivity contribution is 5.75. The Hall–Kier alpha value is -2.90. The zero-order valence-corrected chi connectivity index (χ0v) is 14.4. The van der Waals surface area contributed by atoms with E-state index in [1.165, 1.54) is 4.68 Å². The maximum atomic E-state index is 11.9. The first-order valence-corrected chi connectivity index (χ1v) is 8.11. The quantitative estimate of drug-likeness (QED) is 0.433. The molecule has 0 aliphatic rings. The topological polar surface area (TPSA) is 110 Å². The van der Waals surface area contributed by atoms with E-state index in [0.29, 0.717) is 24.5 Å². The lowest BCUT2D eigenvalue weighted by molar-refractivity contribution is -0.386. The van der Waals surface area contributed by atoms with Gasteiger partial charge in [0.2, 0.25) is 5.91 Å². The third-order valence-electron chi connectivity index (χ3n) is 3.98. The molecule has 0 bridgehead atoms. The molecule has 0 spiro atoms. The number of aromatic hydroxyl groups is 1. The Morgan fingerprint density at radius 2 is 2.00 bits per heavy atom. The van der Waals surface area contributed by atoms with Crippen molar-refractivity contribution in [3.63, 3.8) is 0 Å². The second-order valence-electron chi connectivity index (χ2n) is 5.87. The number of hydrogen-bond donors (Lipinski definition) is 2. The van der Waals surface area contributed by atoms with E-state index in [1.807, 2.05) is 12.1 Å². The summed E-state index contributed by atoms with van der Waals surface area (Å²) in [4.78, 5) is 22.4. The lowest BCUT2D eigenvalue weighted by Crippen LogP contribution is -2.26. The van der Waals surface area contributed by atoms with E-state index in [1.54, 1.807) is 26.0 Å². The molecule has 1 heterocycles. The van der Waals surface area contributed by atoms with Crippen LogP contribution in [0.4, 0.5) is 5.69 Å². The molecule has 1 amide bonds. The summed E-state index contributed by atoms with van der Waals surface area (Å²) in [6.07, 6.45) is 1.82.